The highest BCUT2D eigenvalue weighted by atomic mass is 35.5. The smallest absolute Gasteiger partial charge is 0.387 e. The number of halogens is 4. The minimum absolute atomic E-state index is 0.0280. The van der Waals surface area contributed by atoms with Crippen molar-refractivity contribution >= 4 is 28.9 Å². The van der Waals surface area contributed by atoms with Crippen molar-refractivity contribution in [3.05, 3.63) is 46.4 Å². The molecule has 0 atom stereocenters. The van der Waals surface area contributed by atoms with Crippen molar-refractivity contribution < 1.29 is 13.5 Å². The number of hydrogen-bond donors (Lipinski definition) is 1. The van der Waals surface area contributed by atoms with Gasteiger partial charge >= 0.3 is 6.61 Å². The first-order chi connectivity index (χ1) is 8.97. The van der Waals surface area contributed by atoms with E-state index in [0.717, 1.165) is 0 Å². The van der Waals surface area contributed by atoms with Gasteiger partial charge in [0.2, 0.25) is 0 Å². The van der Waals surface area contributed by atoms with Gasteiger partial charge in [0.15, 0.2) is 0 Å². The lowest BCUT2D eigenvalue weighted by atomic mass is 10.0. The van der Waals surface area contributed by atoms with Crippen LogP contribution < -0.4 is 10.5 Å². The first-order valence-corrected chi connectivity index (χ1v) is 6.02. The quantitative estimate of drug-likeness (QED) is 0.823. The second kappa shape index (κ2) is 5.63. The van der Waals surface area contributed by atoms with Crippen molar-refractivity contribution in [3.8, 4) is 16.9 Å². The number of ether oxygens (including phenoxy) is 1. The Morgan fingerprint density at radius 2 is 1.79 bits per heavy atom. The van der Waals surface area contributed by atoms with Crippen LogP contribution in [0.3, 0.4) is 0 Å². The lowest BCUT2D eigenvalue weighted by Gasteiger charge is -2.12. The molecule has 0 aliphatic heterocycles. The third-order valence-electron chi connectivity index (χ3n) is 2.47. The average Bonchev–Trinajstić information content (AvgIpc) is 2.34. The van der Waals surface area contributed by atoms with Crippen molar-refractivity contribution in [2.24, 2.45) is 0 Å². The van der Waals surface area contributed by atoms with Crippen LogP contribution in [-0.2, 0) is 0 Å². The van der Waals surface area contributed by atoms with Crippen molar-refractivity contribution in [1.82, 2.24) is 0 Å². The van der Waals surface area contributed by atoms with Gasteiger partial charge in [0, 0.05) is 10.6 Å². The maximum atomic E-state index is 12.4. The number of rotatable bonds is 3. The SMILES string of the molecule is Nc1ccc(-c2cc(Cl)ccc2OC(F)F)cc1Cl. The molecule has 0 heterocycles. The second-order valence-corrected chi connectivity index (χ2v) is 4.60. The summed E-state index contributed by atoms with van der Waals surface area (Å²) in [4.78, 5) is 0. The fourth-order valence-electron chi connectivity index (χ4n) is 1.62. The second-order valence-electron chi connectivity index (χ2n) is 3.76. The summed E-state index contributed by atoms with van der Waals surface area (Å²) in [7, 11) is 0. The van der Waals surface area contributed by atoms with E-state index < -0.39 is 6.61 Å². The lowest BCUT2D eigenvalue weighted by molar-refractivity contribution is -0.0494. The molecule has 2 nitrogen and oxygen atoms in total. The highest BCUT2D eigenvalue weighted by Crippen LogP contribution is 2.35. The highest BCUT2D eigenvalue weighted by Gasteiger charge is 2.12. The van der Waals surface area contributed by atoms with Crippen LogP contribution in [0.2, 0.25) is 10.0 Å². The van der Waals surface area contributed by atoms with Crippen LogP contribution in [-0.4, -0.2) is 6.61 Å². The molecule has 0 amide bonds. The van der Waals surface area contributed by atoms with Crippen LogP contribution in [0, 0.1) is 0 Å². The van der Waals surface area contributed by atoms with Crippen molar-refractivity contribution in [2.45, 2.75) is 6.61 Å². The molecule has 19 heavy (non-hydrogen) atoms. The van der Waals surface area contributed by atoms with E-state index in [0.29, 0.717) is 26.9 Å². The Morgan fingerprint density at radius 3 is 2.42 bits per heavy atom. The zero-order chi connectivity index (χ0) is 14.0. The number of nitrogens with two attached hydrogens (primary N) is 1. The van der Waals surface area contributed by atoms with Crippen LogP contribution in [0.25, 0.3) is 11.1 Å². The third-order valence-corrected chi connectivity index (χ3v) is 3.03. The average molecular weight is 304 g/mol. The Hall–Kier alpha value is -1.52. The Kier molecular flexibility index (Phi) is 4.12. The molecule has 0 radical (unpaired) electrons. The molecule has 6 heteroatoms. The summed E-state index contributed by atoms with van der Waals surface area (Å²) >= 11 is 11.8. The Bertz CT molecular complexity index is 605. The molecule has 2 aromatic rings. The van der Waals surface area contributed by atoms with Crippen LogP contribution >= 0.6 is 23.2 Å². The van der Waals surface area contributed by atoms with E-state index >= 15 is 0 Å². The van der Waals surface area contributed by atoms with E-state index in [2.05, 4.69) is 4.74 Å². The summed E-state index contributed by atoms with van der Waals surface area (Å²) in [5.74, 6) is 0.0280. The molecule has 2 N–H and O–H groups in total. The van der Waals surface area contributed by atoms with Gasteiger partial charge in [0.25, 0.3) is 0 Å². The van der Waals surface area contributed by atoms with Gasteiger partial charge in [-0.3, -0.25) is 0 Å². The molecule has 0 aliphatic carbocycles. The van der Waals surface area contributed by atoms with Gasteiger partial charge < -0.3 is 10.5 Å². The lowest BCUT2D eigenvalue weighted by Crippen LogP contribution is -2.03. The van der Waals surface area contributed by atoms with Gasteiger partial charge in [-0.15, -0.1) is 0 Å². The molecule has 2 rings (SSSR count). The molecule has 2 aromatic carbocycles. The van der Waals surface area contributed by atoms with Crippen molar-refractivity contribution in [3.63, 3.8) is 0 Å². The molecular weight excluding hydrogens is 295 g/mol. The zero-order valence-corrected chi connectivity index (χ0v) is 11.1. The third kappa shape index (κ3) is 3.28. The Labute approximate surface area is 118 Å². The van der Waals surface area contributed by atoms with E-state index in [4.69, 9.17) is 28.9 Å². The molecule has 0 saturated carbocycles. The summed E-state index contributed by atoms with van der Waals surface area (Å²) < 4.78 is 29.2. The summed E-state index contributed by atoms with van der Waals surface area (Å²) in [5, 5.41) is 0.741. The maximum Gasteiger partial charge on any atom is 0.387 e. The number of nitrogen functional groups attached to an aromatic ring is 1. The zero-order valence-electron chi connectivity index (χ0n) is 9.54. The van der Waals surface area contributed by atoms with Crippen molar-refractivity contribution in [1.29, 1.82) is 0 Å². The normalized spacial score (nSPS) is 10.8. The van der Waals surface area contributed by atoms with Gasteiger partial charge in [0.05, 0.1) is 10.7 Å². The standard InChI is InChI=1S/C13H9Cl2F2NO/c14-8-2-4-12(19-13(16)17)9(6-8)7-1-3-11(18)10(15)5-7/h1-6,13H,18H2. The van der Waals surface area contributed by atoms with Crippen LogP contribution in [0.4, 0.5) is 14.5 Å². The molecule has 0 fully saturated rings. The van der Waals surface area contributed by atoms with Crippen LogP contribution in [0.15, 0.2) is 36.4 Å². The maximum absolute atomic E-state index is 12.4. The van der Waals surface area contributed by atoms with Crippen molar-refractivity contribution in [2.75, 3.05) is 5.73 Å². The molecule has 0 spiro atoms. The monoisotopic (exact) mass is 303 g/mol. The van der Waals surface area contributed by atoms with Gasteiger partial charge in [-0.1, -0.05) is 29.3 Å². The minimum atomic E-state index is -2.91. The van der Waals surface area contributed by atoms with Crippen LogP contribution in [0.5, 0.6) is 5.75 Å². The Balaban J connectivity index is 2.52. The highest BCUT2D eigenvalue weighted by molar-refractivity contribution is 6.33. The summed E-state index contributed by atoms with van der Waals surface area (Å²) in [6.45, 7) is -2.91. The number of hydrogen-bond acceptors (Lipinski definition) is 2. The number of benzene rings is 2. The van der Waals surface area contributed by atoms with Gasteiger partial charge in [-0.25, -0.2) is 0 Å². The van der Waals surface area contributed by atoms with Crippen LogP contribution in [0.1, 0.15) is 0 Å². The molecule has 0 saturated heterocycles. The minimum Gasteiger partial charge on any atom is -0.434 e. The predicted molar refractivity (Wildman–Crippen MR) is 72.9 cm³/mol. The first-order valence-electron chi connectivity index (χ1n) is 5.27. The predicted octanol–water partition coefficient (Wildman–Crippen LogP) is 4.84. The molecule has 0 unspecified atom stereocenters. The number of anilines is 1. The molecule has 0 aliphatic rings. The van der Waals surface area contributed by atoms with E-state index in [1.807, 2.05) is 0 Å². The Morgan fingerprint density at radius 1 is 1.05 bits per heavy atom. The van der Waals surface area contributed by atoms with E-state index in [-0.39, 0.29) is 5.75 Å². The van der Waals surface area contributed by atoms with Gasteiger partial charge in [0.1, 0.15) is 5.75 Å². The van der Waals surface area contributed by atoms with E-state index in [9.17, 15) is 8.78 Å². The van der Waals surface area contributed by atoms with Gasteiger partial charge in [-0.05, 0) is 35.9 Å². The fraction of sp³-hybridized carbons (Fsp3) is 0.0769. The van der Waals surface area contributed by atoms with E-state index in [1.54, 1.807) is 18.2 Å². The fourth-order valence-corrected chi connectivity index (χ4v) is 1.97. The molecular formula is C13H9Cl2F2NO. The molecule has 100 valence electrons. The van der Waals surface area contributed by atoms with E-state index in [1.165, 1.54) is 18.2 Å². The first kappa shape index (κ1) is 13.9. The summed E-state index contributed by atoms with van der Waals surface area (Å²) in [6, 6.07) is 9.20. The molecule has 0 bridgehead atoms. The summed E-state index contributed by atoms with van der Waals surface area (Å²) in [5.41, 5.74) is 7.03. The largest absolute Gasteiger partial charge is 0.434 e. The summed E-state index contributed by atoms with van der Waals surface area (Å²) in [6.07, 6.45) is 0. The van der Waals surface area contributed by atoms with Gasteiger partial charge in [-0.2, -0.15) is 8.78 Å². The number of alkyl halides is 2. The topological polar surface area (TPSA) is 35.2 Å². The molecule has 0 aromatic heterocycles.